The number of methoxy groups -OCH3 is 1. The number of carboxylic acids is 1. The molecular formula is C27H29N3O3. The molecule has 2 heterocycles. The number of hydrogen-bond acceptors (Lipinski definition) is 4. The van der Waals surface area contributed by atoms with Crippen LogP contribution in [0.1, 0.15) is 30.4 Å². The predicted octanol–water partition coefficient (Wildman–Crippen LogP) is 5.79. The minimum Gasteiger partial charge on any atom is -0.497 e. The zero-order valence-electron chi connectivity index (χ0n) is 19.6. The van der Waals surface area contributed by atoms with E-state index in [1.807, 2.05) is 56.7 Å². The largest absolute Gasteiger partial charge is 0.497 e. The molecular weight excluding hydrogens is 414 g/mol. The number of carbonyl (C=O) groups is 1. The average molecular weight is 444 g/mol. The highest BCUT2D eigenvalue weighted by atomic mass is 16.5. The van der Waals surface area contributed by atoms with Gasteiger partial charge >= 0.3 is 5.97 Å². The van der Waals surface area contributed by atoms with Crippen molar-refractivity contribution in [3.8, 4) is 28.0 Å². The molecule has 4 aromatic rings. The van der Waals surface area contributed by atoms with Gasteiger partial charge in [-0.2, -0.15) is 0 Å². The quantitative estimate of drug-likeness (QED) is 0.391. The number of rotatable bonds is 7. The third kappa shape index (κ3) is 4.22. The summed E-state index contributed by atoms with van der Waals surface area (Å²) in [5.41, 5.74) is 4.83. The van der Waals surface area contributed by atoms with Gasteiger partial charge in [-0.05, 0) is 55.9 Å². The maximum absolute atomic E-state index is 12.2. The van der Waals surface area contributed by atoms with E-state index >= 15 is 0 Å². The van der Waals surface area contributed by atoms with Crippen LogP contribution in [-0.4, -0.2) is 46.7 Å². The molecule has 0 saturated carbocycles. The highest BCUT2D eigenvalue weighted by Crippen LogP contribution is 2.38. The molecule has 0 aliphatic heterocycles. The lowest BCUT2D eigenvalue weighted by molar-refractivity contribution is 0.0699. The van der Waals surface area contributed by atoms with Crippen molar-refractivity contribution in [2.24, 2.45) is 5.92 Å². The van der Waals surface area contributed by atoms with Gasteiger partial charge in [0.2, 0.25) is 0 Å². The van der Waals surface area contributed by atoms with E-state index in [4.69, 9.17) is 4.74 Å². The van der Waals surface area contributed by atoms with Gasteiger partial charge < -0.3 is 14.4 Å². The van der Waals surface area contributed by atoms with Crippen molar-refractivity contribution in [1.29, 1.82) is 0 Å². The van der Waals surface area contributed by atoms with E-state index in [-0.39, 0.29) is 11.7 Å². The van der Waals surface area contributed by atoms with Crippen molar-refractivity contribution in [1.82, 2.24) is 14.5 Å². The van der Waals surface area contributed by atoms with Crippen molar-refractivity contribution < 1.29 is 14.6 Å². The van der Waals surface area contributed by atoms with Gasteiger partial charge in [-0.3, -0.25) is 9.88 Å². The number of nitrogens with zero attached hydrogens (tertiary/aromatic N) is 3. The van der Waals surface area contributed by atoms with Crippen LogP contribution in [0.4, 0.5) is 0 Å². The molecule has 6 nitrogen and oxygen atoms in total. The van der Waals surface area contributed by atoms with Crippen LogP contribution in [0.5, 0.6) is 5.75 Å². The first kappa shape index (κ1) is 22.6. The average Bonchev–Trinajstić information content (AvgIpc) is 3.18. The fourth-order valence-electron chi connectivity index (χ4n) is 4.64. The zero-order chi connectivity index (χ0) is 23.7. The maximum atomic E-state index is 12.2. The van der Waals surface area contributed by atoms with E-state index in [0.717, 1.165) is 38.9 Å². The van der Waals surface area contributed by atoms with Crippen LogP contribution in [0, 0.1) is 5.92 Å². The Kier molecular flexibility index (Phi) is 6.20. The summed E-state index contributed by atoms with van der Waals surface area (Å²) in [6.45, 7) is 4.34. The fourth-order valence-corrected chi connectivity index (χ4v) is 4.64. The highest BCUT2D eigenvalue weighted by Gasteiger charge is 2.24. The highest BCUT2D eigenvalue weighted by molar-refractivity contribution is 6.10. The first-order valence-corrected chi connectivity index (χ1v) is 10.9. The minimum absolute atomic E-state index is 0.0693. The standard InChI is InChI=1S/C27H29N3O3/c1-17(2)26(29(3)4)30-16-23(25-22(27(31)32)10-7-11-24(25)30)20-12-19(14-28-15-20)18-8-6-9-21(13-18)33-5/h6-17,26H,1-5H3,(H,31,32). The third-order valence-electron chi connectivity index (χ3n) is 5.95. The fraction of sp³-hybridized carbons (Fsp3) is 0.259. The second-order valence-corrected chi connectivity index (χ2v) is 8.77. The summed E-state index contributed by atoms with van der Waals surface area (Å²) >= 11 is 0. The summed E-state index contributed by atoms with van der Waals surface area (Å²) in [6, 6.07) is 15.3. The molecule has 33 heavy (non-hydrogen) atoms. The van der Waals surface area contributed by atoms with Crippen LogP contribution in [0.3, 0.4) is 0 Å². The molecule has 0 aliphatic carbocycles. The maximum Gasteiger partial charge on any atom is 0.336 e. The van der Waals surface area contributed by atoms with Gasteiger partial charge in [0.15, 0.2) is 0 Å². The Balaban J connectivity index is 1.97. The Hall–Kier alpha value is -3.64. The number of carboxylic acid groups (broad SMARTS) is 1. The predicted molar refractivity (Wildman–Crippen MR) is 132 cm³/mol. The smallest absolute Gasteiger partial charge is 0.336 e. The van der Waals surface area contributed by atoms with E-state index in [1.54, 1.807) is 19.4 Å². The molecule has 1 unspecified atom stereocenters. The van der Waals surface area contributed by atoms with Crippen LogP contribution < -0.4 is 4.74 Å². The number of fused-ring (bicyclic) bond motifs is 1. The lowest BCUT2D eigenvalue weighted by atomic mass is 9.99. The van der Waals surface area contributed by atoms with Crippen LogP contribution in [0.2, 0.25) is 0 Å². The first-order chi connectivity index (χ1) is 15.8. The van der Waals surface area contributed by atoms with E-state index in [2.05, 4.69) is 40.6 Å². The number of aromatic nitrogens is 2. The zero-order valence-corrected chi connectivity index (χ0v) is 19.6. The Bertz CT molecular complexity index is 1300. The molecule has 0 aliphatic rings. The van der Waals surface area contributed by atoms with Crippen molar-refractivity contribution in [3.63, 3.8) is 0 Å². The summed E-state index contributed by atoms with van der Waals surface area (Å²) in [4.78, 5) is 18.8. The first-order valence-electron chi connectivity index (χ1n) is 10.9. The summed E-state index contributed by atoms with van der Waals surface area (Å²) in [5.74, 6) is 0.147. The molecule has 0 radical (unpaired) electrons. The van der Waals surface area contributed by atoms with E-state index < -0.39 is 5.97 Å². The Morgan fingerprint density at radius 1 is 1.03 bits per heavy atom. The molecule has 4 rings (SSSR count). The molecule has 0 bridgehead atoms. The van der Waals surface area contributed by atoms with Crippen LogP contribution in [0.15, 0.2) is 67.1 Å². The summed E-state index contributed by atoms with van der Waals surface area (Å²) in [6.07, 6.45) is 5.74. The minimum atomic E-state index is -0.942. The summed E-state index contributed by atoms with van der Waals surface area (Å²) in [7, 11) is 5.73. The van der Waals surface area contributed by atoms with Crippen LogP contribution in [-0.2, 0) is 0 Å². The summed E-state index contributed by atoms with van der Waals surface area (Å²) in [5, 5.41) is 10.7. The Labute approximate surface area is 194 Å². The number of hydrogen-bond donors (Lipinski definition) is 1. The Morgan fingerprint density at radius 3 is 2.42 bits per heavy atom. The van der Waals surface area contributed by atoms with Gasteiger partial charge in [-0.25, -0.2) is 4.79 Å². The molecule has 2 aromatic carbocycles. The van der Waals surface area contributed by atoms with Gasteiger partial charge in [0, 0.05) is 40.7 Å². The number of ether oxygens (including phenoxy) is 1. The van der Waals surface area contributed by atoms with Crippen LogP contribution >= 0.6 is 0 Å². The van der Waals surface area contributed by atoms with E-state index in [1.165, 1.54) is 0 Å². The molecule has 0 fully saturated rings. The second-order valence-electron chi connectivity index (χ2n) is 8.77. The lowest BCUT2D eigenvalue weighted by Crippen LogP contribution is -2.29. The Morgan fingerprint density at radius 2 is 1.76 bits per heavy atom. The number of pyridine rings is 1. The molecule has 170 valence electrons. The van der Waals surface area contributed by atoms with Crippen molar-refractivity contribution in [2.45, 2.75) is 20.0 Å². The normalized spacial score (nSPS) is 12.5. The number of benzene rings is 2. The van der Waals surface area contributed by atoms with Crippen LogP contribution in [0.25, 0.3) is 33.2 Å². The molecule has 0 spiro atoms. The van der Waals surface area contributed by atoms with Gasteiger partial charge in [0.05, 0.1) is 24.4 Å². The van der Waals surface area contributed by atoms with E-state index in [0.29, 0.717) is 5.92 Å². The van der Waals surface area contributed by atoms with Gasteiger partial charge in [-0.15, -0.1) is 0 Å². The second kappa shape index (κ2) is 9.08. The topological polar surface area (TPSA) is 67.6 Å². The SMILES string of the molecule is COc1cccc(-c2cncc(-c3cn(C(C(C)C)N(C)C)c4cccc(C(=O)O)c34)c2)c1. The van der Waals surface area contributed by atoms with Crippen molar-refractivity contribution in [2.75, 3.05) is 21.2 Å². The molecule has 0 saturated heterocycles. The number of aromatic carboxylic acids is 1. The van der Waals surface area contributed by atoms with Crippen molar-refractivity contribution >= 4 is 16.9 Å². The van der Waals surface area contributed by atoms with Gasteiger partial charge in [-0.1, -0.05) is 32.0 Å². The molecule has 0 amide bonds. The summed E-state index contributed by atoms with van der Waals surface area (Å²) < 4.78 is 7.55. The van der Waals surface area contributed by atoms with Gasteiger partial charge in [0.25, 0.3) is 0 Å². The third-order valence-corrected chi connectivity index (χ3v) is 5.95. The molecule has 1 atom stereocenters. The van der Waals surface area contributed by atoms with E-state index in [9.17, 15) is 9.90 Å². The molecule has 6 heteroatoms. The van der Waals surface area contributed by atoms with Crippen molar-refractivity contribution in [3.05, 3.63) is 72.7 Å². The lowest BCUT2D eigenvalue weighted by Gasteiger charge is -2.30. The van der Waals surface area contributed by atoms with Gasteiger partial charge in [0.1, 0.15) is 5.75 Å². The molecule has 2 aromatic heterocycles. The monoisotopic (exact) mass is 443 g/mol. The molecule has 1 N–H and O–H groups in total.